The molecular formula is C24H32N4O4. The Morgan fingerprint density at radius 1 is 0.875 bits per heavy atom. The molecule has 3 aliphatic rings. The van der Waals surface area contributed by atoms with E-state index in [1.165, 1.54) is 10.5 Å². The van der Waals surface area contributed by atoms with Gasteiger partial charge in [-0.1, -0.05) is 43.2 Å². The predicted molar refractivity (Wildman–Crippen MR) is 119 cm³/mol. The summed E-state index contributed by atoms with van der Waals surface area (Å²) in [4.78, 5) is 54.9. The van der Waals surface area contributed by atoms with Gasteiger partial charge in [-0.25, -0.2) is 4.79 Å². The minimum atomic E-state index is -0.730. The molecule has 1 aromatic carbocycles. The first-order valence-electron chi connectivity index (χ1n) is 11.7. The van der Waals surface area contributed by atoms with Gasteiger partial charge in [0.15, 0.2) is 0 Å². The van der Waals surface area contributed by atoms with Crippen LogP contribution in [0.4, 0.5) is 4.79 Å². The molecule has 3 fully saturated rings. The van der Waals surface area contributed by atoms with Gasteiger partial charge in [-0.2, -0.15) is 0 Å². The van der Waals surface area contributed by atoms with Crippen LogP contribution in [0.5, 0.6) is 0 Å². The Balaban J connectivity index is 1.17. The second-order valence-electron chi connectivity index (χ2n) is 9.03. The average molecular weight is 441 g/mol. The summed E-state index contributed by atoms with van der Waals surface area (Å²) in [5, 5.41) is 2.85. The first-order chi connectivity index (χ1) is 15.5. The topological polar surface area (TPSA) is 90.0 Å². The highest BCUT2D eigenvalue weighted by Crippen LogP contribution is 2.35. The van der Waals surface area contributed by atoms with Gasteiger partial charge < -0.3 is 15.1 Å². The van der Waals surface area contributed by atoms with E-state index in [1.54, 1.807) is 4.90 Å². The minimum absolute atomic E-state index is 0.0749. The van der Waals surface area contributed by atoms with Crippen LogP contribution < -0.4 is 5.32 Å². The molecule has 1 saturated carbocycles. The SMILES string of the molecule is O=C(CCCc1ccccc1)N1CCN(C(=O)CCN2C(=O)NC3(CCCC3)C2=O)CC1. The summed E-state index contributed by atoms with van der Waals surface area (Å²) in [5.41, 5.74) is 0.506. The molecule has 2 aliphatic heterocycles. The van der Waals surface area contributed by atoms with Crippen LogP contribution in [-0.4, -0.2) is 76.7 Å². The number of nitrogens with zero attached hydrogens (tertiary/aromatic N) is 3. The van der Waals surface area contributed by atoms with Crippen molar-refractivity contribution < 1.29 is 19.2 Å². The molecule has 1 spiro atoms. The van der Waals surface area contributed by atoms with Gasteiger partial charge in [0.25, 0.3) is 5.91 Å². The maximum absolute atomic E-state index is 12.7. The maximum Gasteiger partial charge on any atom is 0.325 e. The van der Waals surface area contributed by atoms with Gasteiger partial charge in [0.1, 0.15) is 5.54 Å². The van der Waals surface area contributed by atoms with E-state index in [1.807, 2.05) is 23.1 Å². The van der Waals surface area contributed by atoms with Gasteiger partial charge in [-0.15, -0.1) is 0 Å². The molecule has 2 heterocycles. The monoisotopic (exact) mass is 440 g/mol. The highest BCUT2D eigenvalue weighted by molar-refractivity contribution is 6.07. The Kier molecular flexibility index (Phi) is 6.77. The zero-order valence-electron chi connectivity index (χ0n) is 18.6. The lowest BCUT2D eigenvalue weighted by Crippen LogP contribution is -2.51. The van der Waals surface area contributed by atoms with Crippen LogP contribution in [0.25, 0.3) is 0 Å². The number of urea groups is 1. The molecule has 172 valence electrons. The van der Waals surface area contributed by atoms with E-state index in [-0.39, 0.29) is 36.7 Å². The summed E-state index contributed by atoms with van der Waals surface area (Å²) < 4.78 is 0. The first-order valence-corrected chi connectivity index (χ1v) is 11.7. The Morgan fingerprint density at radius 3 is 2.09 bits per heavy atom. The zero-order valence-corrected chi connectivity index (χ0v) is 18.6. The second-order valence-corrected chi connectivity index (χ2v) is 9.03. The third kappa shape index (κ3) is 4.79. The molecule has 8 nitrogen and oxygen atoms in total. The van der Waals surface area contributed by atoms with Crippen molar-refractivity contribution >= 4 is 23.8 Å². The number of nitrogens with one attached hydrogen (secondary N) is 1. The van der Waals surface area contributed by atoms with Crippen molar-refractivity contribution in [1.82, 2.24) is 20.0 Å². The fraction of sp³-hybridized carbons (Fsp3) is 0.583. The predicted octanol–water partition coefficient (Wildman–Crippen LogP) is 1.93. The molecule has 2 saturated heterocycles. The van der Waals surface area contributed by atoms with Crippen LogP contribution >= 0.6 is 0 Å². The Morgan fingerprint density at radius 2 is 1.47 bits per heavy atom. The van der Waals surface area contributed by atoms with Crippen molar-refractivity contribution in [2.24, 2.45) is 0 Å². The average Bonchev–Trinajstić information content (AvgIpc) is 3.37. The van der Waals surface area contributed by atoms with Crippen molar-refractivity contribution in [3.05, 3.63) is 35.9 Å². The van der Waals surface area contributed by atoms with Crippen LogP contribution in [0.3, 0.4) is 0 Å². The first kappa shape index (κ1) is 22.3. The molecule has 4 rings (SSSR count). The lowest BCUT2D eigenvalue weighted by Gasteiger charge is -2.35. The zero-order chi connectivity index (χ0) is 22.6. The molecule has 1 aromatic rings. The van der Waals surface area contributed by atoms with E-state index < -0.39 is 5.54 Å². The van der Waals surface area contributed by atoms with E-state index >= 15 is 0 Å². The summed E-state index contributed by atoms with van der Waals surface area (Å²) in [7, 11) is 0. The van der Waals surface area contributed by atoms with Crippen molar-refractivity contribution in [3.63, 3.8) is 0 Å². The number of carbonyl (C=O) groups is 4. The van der Waals surface area contributed by atoms with E-state index in [4.69, 9.17) is 0 Å². The summed E-state index contributed by atoms with van der Waals surface area (Å²) in [5.74, 6) is -0.123. The number of imide groups is 1. The molecule has 0 atom stereocenters. The van der Waals surface area contributed by atoms with Gasteiger partial charge in [0.2, 0.25) is 11.8 Å². The molecule has 0 unspecified atom stereocenters. The number of benzene rings is 1. The van der Waals surface area contributed by atoms with Gasteiger partial charge in [0, 0.05) is 45.6 Å². The van der Waals surface area contributed by atoms with Crippen molar-refractivity contribution in [2.45, 2.75) is 56.9 Å². The number of hydrogen-bond donors (Lipinski definition) is 1. The molecular weight excluding hydrogens is 408 g/mol. The fourth-order valence-corrected chi connectivity index (χ4v) is 5.01. The number of hydrogen-bond acceptors (Lipinski definition) is 4. The molecule has 0 radical (unpaired) electrons. The summed E-state index contributed by atoms with van der Waals surface area (Å²) >= 11 is 0. The van der Waals surface area contributed by atoms with Crippen LogP contribution in [0.2, 0.25) is 0 Å². The number of rotatable bonds is 7. The quantitative estimate of drug-likeness (QED) is 0.656. The molecule has 0 aromatic heterocycles. The lowest BCUT2D eigenvalue weighted by atomic mass is 9.98. The maximum atomic E-state index is 12.7. The van der Waals surface area contributed by atoms with Gasteiger partial charge in [-0.05, 0) is 31.2 Å². The summed E-state index contributed by atoms with van der Waals surface area (Å²) in [6.45, 7) is 2.16. The van der Waals surface area contributed by atoms with Crippen LogP contribution in [0.1, 0.15) is 50.5 Å². The molecule has 5 amide bonds. The Labute approximate surface area is 188 Å². The molecule has 8 heteroatoms. The smallest absolute Gasteiger partial charge is 0.325 e. The van der Waals surface area contributed by atoms with Crippen molar-refractivity contribution in [2.75, 3.05) is 32.7 Å². The van der Waals surface area contributed by atoms with E-state index in [9.17, 15) is 19.2 Å². The van der Waals surface area contributed by atoms with Crippen molar-refractivity contribution in [1.29, 1.82) is 0 Å². The standard InChI is InChI=1S/C24H32N4O4/c29-20(10-6-9-19-7-2-1-3-8-19)26-15-17-27(18-16-26)21(30)11-14-28-22(31)24(25-23(28)32)12-4-5-13-24/h1-3,7-8H,4-6,9-18H2,(H,25,32). The van der Waals surface area contributed by atoms with E-state index in [0.29, 0.717) is 45.4 Å². The van der Waals surface area contributed by atoms with Crippen molar-refractivity contribution in [3.8, 4) is 0 Å². The Bertz CT molecular complexity index is 858. The third-order valence-electron chi connectivity index (χ3n) is 6.94. The molecule has 1 N–H and O–H groups in total. The lowest BCUT2D eigenvalue weighted by molar-refractivity contribution is -0.140. The molecule has 1 aliphatic carbocycles. The number of aryl methyl sites for hydroxylation is 1. The summed E-state index contributed by atoms with van der Waals surface area (Å²) in [6, 6.07) is 9.76. The van der Waals surface area contributed by atoms with E-state index in [2.05, 4.69) is 17.4 Å². The molecule has 32 heavy (non-hydrogen) atoms. The van der Waals surface area contributed by atoms with Crippen LogP contribution in [0.15, 0.2) is 30.3 Å². The highest BCUT2D eigenvalue weighted by atomic mass is 16.2. The fourth-order valence-electron chi connectivity index (χ4n) is 5.01. The van der Waals surface area contributed by atoms with Crippen LogP contribution in [0, 0.1) is 0 Å². The normalized spacial score (nSPS) is 20.2. The number of carbonyl (C=O) groups excluding carboxylic acids is 4. The van der Waals surface area contributed by atoms with E-state index in [0.717, 1.165) is 25.7 Å². The van der Waals surface area contributed by atoms with Gasteiger partial charge in [-0.3, -0.25) is 19.3 Å². The number of piperazine rings is 1. The highest BCUT2D eigenvalue weighted by Gasteiger charge is 2.52. The third-order valence-corrected chi connectivity index (χ3v) is 6.94. The summed E-state index contributed by atoms with van der Waals surface area (Å²) in [6.07, 6.45) is 5.58. The van der Waals surface area contributed by atoms with Crippen LogP contribution in [-0.2, 0) is 20.8 Å². The largest absolute Gasteiger partial charge is 0.339 e. The van der Waals surface area contributed by atoms with Gasteiger partial charge in [0.05, 0.1) is 0 Å². The molecule has 0 bridgehead atoms. The minimum Gasteiger partial charge on any atom is -0.339 e. The van der Waals surface area contributed by atoms with Gasteiger partial charge >= 0.3 is 6.03 Å². The number of amides is 5. The second kappa shape index (κ2) is 9.71. The Hall–Kier alpha value is -2.90.